The van der Waals surface area contributed by atoms with E-state index in [9.17, 15) is 8.42 Å². The van der Waals surface area contributed by atoms with Gasteiger partial charge in [-0.3, -0.25) is 4.72 Å². The third kappa shape index (κ3) is 2.34. The number of rotatable bonds is 2. The lowest BCUT2D eigenvalue weighted by Gasteiger charge is -2.15. The van der Waals surface area contributed by atoms with Crippen molar-refractivity contribution in [2.45, 2.75) is 6.92 Å². The lowest BCUT2D eigenvalue weighted by Crippen LogP contribution is -2.24. The van der Waals surface area contributed by atoms with Crippen LogP contribution in [0, 0.1) is 0 Å². The third-order valence-corrected chi connectivity index (χ3v) is 3.97. The topological polar surface area (TPSA) is 55.4 Å². The monoisotopic (exact) mass is 251 g/mol. The first kappa shape index (κ1) is 11.7. The van der Waals surface area contributed by atoms with E-state index in [1.807, 2.05) is 0 Å². The van der Waals surface area contributed by atoms with Gasteiger partial charge in [-0.15, -0.1) is 0 Å². The van der Waals surface area contributed by atoms with Crippen molar-refractivity contribution in [2.75, 3.05) is 7.11 Å². The van der Waals surface area contributed by atoms with Crippen LogP contribution in [0.15, 0.2) is 42.1 Å². The molecule has 0 radical (unpaired) electrons. The Kier molecular flexibility index (Phi) is 2.93. The Labute approximate surface area is 101 Å². The summed E-state index contributed by atoms with van der Waals surface area (Å²) < 4.78 is 31.4. The Morgan fingerprint density at radius 2 is 2.00 bits per heavy atom. The highest BCUT2D eigenvalue weighted by Crippen LogP contribution is 2.26. The molecule has 1 aliphatic heterocycles. The largest absolute Gasteiger partial charge is 0.497 e. The molecular weight excluding hydrogens is 238 g/mol. The summed E-state index contributed by atoms with van der Waals surface area (Å²) in [7, 11) is -1.92. The predicted molar refractivity (Wildman–Crippen MR) is 66.8 cm³/mol. The second kappa shape index (κ2) is 4.25. The summed E-state index contributed by atoms with van der Waals surface area (Å²) in [6.45, 7) is 1.70. The molecule has 17 heavy (non-hydrogen) atoms. The lowest BCUT2D eigenvalue weighted by molar-refractivity contribution is 0.414. The molecule has 0 spiro atoms. The van der Waals surface area contributed by atoms with Crippen LogP contribution in [-0.2, 0) is 10.0 Å². The quantitative estimate of drug-likeness (QED) is 0.873. The Morgan fingerprint density at radius 3 is 2.65 bits per heavy atom. The minimum absolute atomic E-state index is 0.252. The van der Waals surface area contributed by atoms with Crippen LogP contribution in [0.2, 0.25) is 0 Å². The van der Waals surface area contributed by atoms with E-state index in [-0.39, 0.29) is 4.91 Å². The molecule has 0 aliphatic carbocycles. The van der Waals surface area contributed by atoms with Crippen molar-refractivity contribution in [1.82, 2.24) is 4.72 Å². The molecule has 1 N–H and O–H groups in total. The van der Waals surface area contributed by atoms with Gasteiger partial charge in [0, 0.05) is 5.70 Å². The number of hydrogen-bond acceptors (Lipinski definition) is 3. The molecule has 0 aromatic heterocycles. The molecule has 0 amide bonds. The molecule has 4 nitrogen and oxygen atoms in total. The fourth-order valence-corrected chi connectivity index (χ4v) is 2.91. The summed E-state index contributed by atoms with van der Waals surface area (Å²) in [5.41, 5.74) is 1.22. The van der Waals surface area contributed by atoms with E-state index in [1.54, 1.807) is 50.5 Å². The summed E-state index contributed by atoms with van der Waals surface area (Å²) in [6.07, 6.45) is 3.33. The van der Waals surface area contributed by atoms with E-state index in [0.29, 0.717) is 17.0 Å². The number of allylic oxidation sites excluding steroid dienone is 3. The van der Waals surface area contributed by atoms with Crippen LogP contribution in [0.4, 0.5) is 0 Å². The van der Waals surface area contributed by atoms with E-state index in [0.717, 1.165) is 0 Å². The Bertz CT molecular complexity index is 600. The van der Waals surface area contributed by atoms with Crippen LogP contribution in [0.5, 0.6) is 5.75 Å². The average Bonchev–Trinajstić information content (AvgIpc) is 2.27. The normalized spacial score (nSPS) is 17.8. The van der Waals surface area contributed by atoms with Gasteiger partial charge in [0.2, 0.25) is 0 Å². The van der Waals surface area contributed by atoms with Crippen molar-refractivity contribution in [3.05, 3.63) is 47.7 Å². The van der Waals surface area contributed by atoms with Crippen LogP contribution in [0.1, 0.15) is 12.5 Å². The van der Waals surface area contributed by atoms with E-state index in [1.165, 1.54) is 0 Å². The molecule has 2 rings (SSSR count). The Morgan fingerprint density at radius 1 is 1.24 bits per heavy atom. The molecule has 1 aliphatic rings. The van der Waals surface area contributed by atoms with Gasteiger partial charge in [-0.05, 0) is 36.8 Å². The van der Waals surface area contributed by atoms with Gasteiger partial charge in [-0.25, -0.2) is 8.42 Å². The third-order valence-electron chi connectivity index (χ3n) is 2.42. The zero-order chi connectivity index (χ0) is 12.5. The molecule has 0 saturated heterocycles. The summed E-state index contributed by atoms with van der Waals surface area (Å²) in [6, 6.07) is 6.96. The zero-order valence-corrected chi connectivity index (χ0v) is 10.4. The fraction of sp³-hybridized carbons (Fsp3) is 0.167. The molecular formula is C12H13NO3S. The van der Waals surface area contributed by atoms with Gasteiger partial charge in [0.1, 0.15) is 5.75 Å². The minimum atomic E-state index is -3.46. The smallest absolute Gasteiger partial charge is 0.262 e. The van der Waals surface area contributed by atoms with Gasteiger partial charge in [0.25, 0.3) is 10.0 Å². The van der Waals surface area contributed by atoms with Crippen LogP contribution >= 0.6 is 0 Å². The maximum Gasteiger partial charge on any atom is 0.262 e. The van der Waals surface area contributed by atoms with Gasteiger partial charge in [0.05, 0.1) is 12.0 Å². The lowest BCUT2D eigenvalue weighted by atomic mass is 10.2. The molecule has 0 atom stereocenters. The van der Waals surface area contributed by atoms with Crippen molar-refractivity contribution in [1.29, 1.82) is 0 Å². The molecule has 0 bridgehead atoms. The maximum atomic E-state index is 11.9. The summed E-state index contributed by atoms with van der Waals surface area (Å²) >= 11 is 0. The van der Waals surface area contributed by atoms with Crippen LogP contribution in [-0.4, -0.2) is 15.5 Å². The standard InChI is InChI=1S/C12H13NO3S/c1-9-6-7-12(17(14,15)13-9)10-4-3-5-11(8-10)16-2/h3-8,13H,1-2H3. The maximum absolute atomic E-state index is 11.9. The number of benzene rings is 1. The van der Waals surface area contributed by atoms with Gasteiger partial charge >= 0.3 is 0 Å². The SMILES string of the molecule is COc1cccc(C2=CC=C(C)NS2(=O)=O)c1. The first-order valence-electron chi connectivity index (χ1n) is 5.09. The first-order valence-corrected chi connectivity index (χ1v) is 6.57. The van der Waals surface area contributed by atoms with Crippen molar-refractivity contribution in [2.24, 2.45) is 0 Å². The molecule has 0 fully saturated rings. The number of methoxy groups -OCH3 is 1. The number of nitrogens with one attached hydrogen (secondary N) is 1. The van der Waals surface area contributed by atoms with Gasteiger partial charge in [0.15, 0.2) is 0 Å². The molecule has 1 heterocycles. The first-order chi connectivity index (χ1) is 8.03. The van der Waals surface area contributed by atoms with Crippen LogP contribution < -0.4 is 9.46 Å². The highest BCUT2D eigenvalue weighted by atomic mass is 32.2. The molecule has 0 unspecified atom stereocenters. The number of ether oxygens (including phenoxy) is 1. The second-order valence-corrected chi connectivity index (χ2v) is 5.37. The summed E-state index contributed by atoms with van der Waals surface area (Å²) in [4.78, 5) is 0.252. The van der Waals surface area contributed by atoms with Gasteiger partial charge in [-0.1, -0.05) is 12.1 Å². The fourth-order valence-electron chi connectivity index (χ4n) is 1.62. The van der Waals surface area contributed by atoms with E-state index < -0.39 is 10.0 Å². The van der Waals surface area contributed by atoms with Crippen molar-refractivity contribution in [3.63, 3.8) is 0 Å². The van der Waals surface area contributed by atoms with E-state index in [2.05, 4.69) is 4.72 Å². The van der Waals surface area contributed by atoms with Crippen LogP contribution in [0.3, 0.4) is 0 Å². The summed E-state index contributed by atoms with van der Waals surface area (Å²) in [5.74, 6) is 0.630. The molecule has 1 aromatic carbocycles. The van der Waals surface area contributed by atoms with E-state index >= 15 is 0 Å². The second-order valence-electron chi connectivity index (χ2n) is 3.72. The minimum Gasteiger partial charge on any atom is -0.497 e. The highest BCUT2D eigenvalue weighted by molar-refractivity contribution is 7.99. The highest BCUT2D eigenvalue weighted by Gasteiger charge is 2.22. The van der Waals surface area contributed by atoms with Crippen molar-refractivity contribution in [3.8, 4) is 5.75 Å². The Hall–Kier alpha value is -1.75. The molecule has 90 valence electrons. The van der Waals surface area contributed by atoms with Crippen molar-refractivity contribution >= 4 is 14.9 Å². The number of hydrogen-bond donors (Lipinski definition) is 1. The van der Waals surface area contributed by atoms with E-state index in [4.69, 9.17) is 4.74 Å². The van der Waals surface area contributed by atoms with Gasteiger partial charge < -0.3 is 4.74 Å². The molecule has 1 aromatic rings. The van der Waals surface area contributed by atoms with Gasteiger partial charge in [-0.2, -0.15) is 0 Å². The van der Waals surface area contributed by atoms with Crippen LogP contribution in [0.25, 0.3) is 4.91 Å². The average molecular weight is 251 g/mol. The summed E-state index contributed by atoms with van der Waals surface area (Å²) in [5, 5.41) is 0. The number of sulfonamides is 1. The molecule has 5 heteroatoms. The predicted octanol–water partition coefficient (Wildman–Crippen LogP) is 1.87. The Balaban J connectivity index is 2.52. The zero-order valence-electron chi connectivity index (χ0n) is 9.60. The molecule has 0 saturated carbocycles. The van der Waals surface area contributed by atoms with Crippen molar-refractivity contribution < 1.29 is 13.2 Å².